The Bertz CT molecular complexity index is 399. The molecule has 7 heteroatoms. The van der Waals surface area contributed by atoms with Crippen LogP contribution in [0.15, 0.2) is 22.7 Å². The fourth-order valence-corrected chi connectivity index (χ4v) is 1.94. The first-order valence-electron chi connectivity index (χ1n) is 5.75. The van der Waals surface area contributed by atoms with Crippen LogP contribution in [0.25, 0.3) is 0 Å². The van der Waals surface area contributed by atoms with Gasteiger partial charge in [0.2, 0.25) is 0 Å². The van der Waals surface area contributed by atoms with Crippen molar-refractivity contribution in [1.82, 2.24) is 5.32 Å². The van der Waals surface area contributed by atoms with Crippen molar-refractivity contribution in [3.63, 3.8) is 0 Å². The predicted molar refractivity (Wildman–Crippen MR) is 69.0 cm³/mol. The van der Waals surface area contributed by atoms with Gasteiger partial charge >= 0.3 is 6.36 Å². The Morgan fingerprint density at radius 3 is 2.63 bits per heavy atom. The van der Waals surface area contributed by atoms with Crippen LogP contribution < -0.4 is 10.1 Å². The zero-order valence-corrected chi connectivity index (χ0v) is 12.0. The smallest absolute Gasteiger partial charge is 0.490 e. The second-order valence-electron chi connectivity index (χ2n) is 3.65. The van der Waals surface area contributed by atoms with Gasteiger partial charge < -0.3 is 10.1 Å². The van der Waals surface area contributed by atoms with Gasteiger partial charge in [-0.05, 0) is 28.5 Å². The summed E-state index contributed by atoms with van der Waals surface area (Å²) in [6.07, 6.45) is -4.62. The number of nitrogens with one attached hydrogen (secondary N) is 1. The lowest BCUT2D eigenvalue weighted by Gasteiger charge is -2.14. The van der Waals surface area contributed by atoms with E-state index in [4.69, 9.17) is 4.74 Å². The minimum absolute atomic E-state index is 0.165. The number of alkyl halides is 3. The monoisotopic (exact) mass is 341 g/mol. The molecule has 0 atom stereocenters. The summed E-state index contributed by atoms with van der Waals surface area (Å²) in [7, 11) is 0. The van der Waals surface area contributed by atoms with E-state index in [-0.39, 0.29) is 6.61 Å². The van der Waals surface area contributed by atoms with Crippen molar-refractivity contribution in [1.29, 1.82) is 0 Å². The summed E-state index contributed by atoms with van der Waals surface area (Å²) in [5, 5.41) is 3.13. The fraction of sp³-hybridized carbons (Fsp3) is 0.500. The van der Waals surface area contributed by atoms with Crippen molar-refractivity contribution in [2.75, 3.05) is 19.8 Å². The van der Waals surface area contributed by atoms with Gasteiger partial charge in [0.05, 0.1) is 11.1 Å². The van der Waals surface area contributed by atoms with Crippen molar-refractivity contribution in [2.24, 2.45) is 0 Å². The van der Waals surface area contributed by atoms with Crippen LogP contribution in [0.2, 0.25) is 0 Å². The van der Waals surface area contributed by atoms with Gasteiger partial charge in [-0.1, -0.05) is 19.1 Å². The van der Waals surface area contributed by atoms with E-state index in [0.29, 0.717) is 16.8 Å². The van der Waals surface area contributed by atoms with Crippen LogP contribution in [0.3, 0.4) is 0 Å². The van der Waals surface area contributed by atoms with Crippen LogP contribution in [-0.4, -0.2) is 26.1 Å². The van der Waals surface area contributed by atoms with Gasteiger partial charge in [0.1, 0.15) is 12.4 Å². The quantitative estimate of drug-likeness (QED) is 0.770. The van der Waals surface area contributed by atoms with E-state index >= 15 is 0 Å². The molecule has 1 N–H and O–H groups in total. The molecule has 3 nitrogen and oxygen atoms in total. The standard InChI is InChI=1S/C12H15BrF3NO2/c1-2-17-8-9-4-3-5-10(13)11(9)18-6-7-19-12(14,15)16/h3-5,17H,2,6-8H2,1H3. The van der Waals surface area contributed by atoms with Gasteiger partial charge in [-0.15, -0.1) is 13.2 Å². The van der Waals surface area contributed by atoms with Crippen LogP contribution in [-0.2, 0) is 11.3 Å². The Hall–Kier alpha value is -0.790. The van der Waals surface area contributed by atoms with Gasteiger partial charge in [0, 0.05) is 12.1 Å². The molecule has 19 heavy (non-hydrogen) atoms. The Morgan fingerprint density at radius 2 is 2.00 bits per heavy atom. The van der Waals surface area contributed by atoms with Crippen molar-refractivity contribution in [3.05, 3.63) is 28.2 Å². The molecule has 0 spiro atoms. The average molecular weight is 342 g/mol. The lowest BCUT2D eigenvalue weighted by molar-refractivity contribution is -0.325. The number of hydrogen-bond donors (Lipinski definition) is 1. The molecule has 1 rings (SSSR count). The molecule has 0 amide bonds. The van der Waals surface area contributed by atoms with Gasteiger partial charge in [0.25, 0.3) is 0 Å². The van der Waals surface area contributed by atoms with Gasteiger partial charge in [0.15, 0.2) is 0 Å². The summed E-state index contributed by atoms with van der Waals surface area (Å²) in [5.41, 5.74) is 0.878. The summed E-state index contributed by atoms with van der Waals surface area (Å²) in [5.74, 6) is 0.536. The molecule has 0 saturated carbocycles. The molecule has 0 aliphatic heterocycles. The Labute approximate surface area is 118 Å². The topological polar surface area (TPSA) is 30.5 Å². The zero-order valence-electron chi connectivity index (χ0n) is 10.4. The maximum Gasteiger partial charge on any atom is 0.522 e. The first-order valence-corrected chi connectivity index (χ1v) is 6.55. The molecule has 0 aliphatic carbocycles. The van der Waals surface area contributed by atoms with Gasteiger partial charge in [-0.3, -0.25) is 4.74 Å². The average Bonchev–Trinajstić information content (AvgIpc) is 2.32. The van der Waals surface area contributed by atoms with Crippen LogP contribution in [0.1, 0.15) is 12.5 Å². The normalized spacial score (nSPS) is 11.6. The number of ether oxygens (including phenoxy) is 2. The van der Waals surface area contributed by atoms with Crippen LogP contribution in [0, 0.1) is 0 Å². The Morgan fingerprint density at radius 1 is 1.26 bits per heavy atom. The number of hydrogen-bond acceptors (Lipinski definition) is 3. The third-order valence-electron chi connectivity index (χ3n) is 2.21. The molecule has 0 saturated heterocycles. The number of halogens is 4. The maximum absolute atomic E-state index is 11.8. The first-order chi connectivity index (χ1) is 8.94. The minimum Gasteiger partial charge on any atom is -0.490 e. The Balaban J connectivity index is 2.56. The first kappa shape index (κ1) is 16.3. The molecule has 1 aromatic rings. The number of rotatable bonds is 7. The third kappa shape index (κ3) is 6.26. The highest BCUT2D eigenvalue weighted by Gasteiger charge is 2.28. The molecule has 0 bridgehead atoms. The fourth-order valence-electron chi connectivity index (χ4n) is 1.42. The van der Waals surface area contributed by atoms with E-state index < -0.39 is 13.0 Å². The van der Waals surface area contributed by atoms with E-state index in [9.17, 15) is 13.2 Å². The summed E-state index contributed by atoms with van der Waals surface area (Å²) in [6, 6.07) is 5.47. The zero-order chi connectivity index (χ0) is 14.3. The number of benzene rings is 1. The summed E-state index contributed by atoms with van der Waals surface area (Å²) < 4.78 is 45.1. The SMILES string of the molecule is CCNCc1cccc(Br)c1OCCOC(F)(F)F. The van der Waals surface area contributed by atoms with E-state index in [0.717, 1.165) is 12.1 Å². The highest BCUT2D eigenvalue weighted by molar-refractivity contribution is 9.10. The molecular weight excluding hydrogens is 327 g/mol. The second kappa shape index (κ2) is 7.72. The van der Waals surface area contributed by atoms with Crippen LogP contribution >= 0.6 is 15.9 Å². The third-order valence-corrected chi connectivity index (χ3v) is 2.83. The van der Waals surface area contributed by atoms with Crippen LogP contribution in [0.5, 0.6) is 5.75 Å². The molecule has 0 radical (unpaired) electrons. The van der Waals surface area contributed by atoms with Gasteiger partial charge in [-0.2, -0.15) is 0 Å². The Kier molecular flexibility index (Phi) is 6.60. The predicted octanol–water partition coefficient (Wildman–Crippen LogP) is 3.47. The summed E-state index contributed by atoms with van der Waals surface area (Å²) in [4.78, 5) is 0. The van der Waals surface area contributed by atoms with Gasteiger partial charge in [-0.25, -0.2) is 0 Å². The molecule has 0 unspecified atom stereocenters. The lowest BCUT2D eigenvalue weighted by atomic mass is 10.2. The van der Waals surface area contributed by atoms with Crippen molar-refractivity contribution >= 4 is 15.9 Å². The molecular formula is C12H15BrF3NO2. The molecule has 0 fully saturated rings. The largest absolute Gasteiger partial charge is 0.522 e. The van der Waals surface area contributed by atoms with E-state index in [1.54, 1.807) is 6.07 Å². The molecule has 108 valence electrons. The van der Waals surface area contributed by atoms with Crippen molar-refractivity contribution in [3.8, 4) is 5.75 Å². The van der Waals surface area contributed by atoms with Crippen LogP contribution in [0.4, 0.5) is 13.2 Å². The number of para-hydroxylation sites is 1. The van der Waals surface area contributed by atoms with Crippen molar-refractivity contribution < 1.29 is 22.6 Å². The lowest BCUT2D eigenvalue weighted by Crippen LogP contribution is -2.19. The molecule has 0 heterocycles. The van der Waals surface area contributed by atoms with E-state index in [1.165, 1.54) is 0 Å². The van der Waals surface area contributed by atoms with E-state index in [2.05, 4.69) is 26.0 Å². The van der Waals surface area contributed by atoms with Crippen molar-refractivity contribution in [2.45, 2.75) is 19.8 Å². The summed E-state index contributed by atoms with van der Waals surface area (Å²) >= 11 is 3.31. The second-order valence-corrected chi connectivity index (χ2v) is 4.51. The highest BCUT2D eigenvalue weighted by atomic mass is 79.9. The molecule has 0 aromatic heterocycles. The molecule has 1 aromatic carbocycles. The summed E-state index contributed by atoms with van der Waals surface area (Å²) in [6.45, 7) is 2.65. The maximum atomic E-state index is 11.8. The minimum atomic E-state index is -4.62. The molecule has 0 aliphatic rings. The van der Waals surface area contributed by atoms with E-state index in [1.807, 2.05) is 19.1 Å². The highest BCUT2D eigenvalue weighted by Crippen LogP contribution is 2.29.